The third-order valence-corrected chi connectivity index (χ3v) is 1.46. The van der Waals surface area contributed by atoms with Crippen molar-refractivity contribution in [2.75, 3.05) is 6.54 Å². The molecule has 5 nitrogen and oxygen atoms in total. The molecular formula is C7H11NO4. The maximum Gasteiger partial charge on any atom is 0.307 e. The first-order valence-electron chi connectivity index (χ1n) is 3.53. The third kappa shape index (κ3) is 4.43. The van der Waals surface area contributed by atoms with Crippen LogP contribution < -0.4 is 0 Å². The number of nitro groups is 1. The monoisotopic (exact) mass is 173 g/mol. The quantitative estimate of drug-likeness (QED) is 0.368. The van der Waals surface area contributed by atoms with Crippen molar-refractivity contribution < 1.29 is 14.8 Å². The summed E-state index contributed by atoms with van der Waals surface area (Å²) in [5, 5.41) is 18.5. The lowest BCUT2D eigenvalue weighted by atomic mass is 10.0. The number of carboxylic acid groups (broad SMARTS) is 1. The van der Waals surface area contributed by atoms with E-state index in [2.05, 4.69) is 6.58 Å². The predicted octanol–water partition coefficient (Wildman–Crippen LogP) is 0.930. The average molecular weight is 173 g/mol. The minimum absolute atomic E-state index is 0.0638. The molecule has 0 bridgehead atoms. The summed E-state index contributed by atoms with van der Waals surface area (Å²) in [5.41, 5.74) is 0. The zero-order chi connectivity index (χ0) is 9.56. The van der Waals surface area contributed by atoms with Crippen LogP contribution in [0, 0.1) is 16.0 Å². The number of nitrogens with zero attached hydrogens (tertiary/aromatic N) is 1. The molecule has 0 amide bonds. The van der Waals surface area contributed by atoms with Gasteiger partial charge in [0.05, 0.1) is 5.92 Å². The van der Waals surface area contributed by atoms with Gasteiger partial charge < -0.3 is 5.11 Å². The van der Waals surface area contributed by atoms with Gasteiger partial charge in [0.25, 0.3) is 0 Å². The first-order valence-corrected chi connectivity index (χ1v) is 3.53. The van der Waals surface area contributed by atoms with Crippen molar-refractivity contribution >= 4 is 5.97 Å². The van der Waals surface area contributed by atoms with E-state index in [9.17, 15) is 14.9 Å². The maximum atomic E-state index is 10.4. The molecule has 0 rings (SSSR count). The van der Waals surface area contributed by atoms with Gasteiger partial charge >= 0.3 is 5.97 Å². The van der Waals surface area contributed by atoms with Gasteiger partial charge in [-0.15, -0.1) is 6.58 Å². The van der Waals surface area contributed by atoms with Crippen molar-refractivity contribution in [3.05, 3.63) is 22.8 Å². The Bertz CT molecular complexity index is 190. The lowest BCUT2D eigenvalue weighted by Gasteiger charge is -2.05. The van der Waals surface area contributed by atoms with Gasteiger partial charge in [-0.25, -0.2) is 0 Å². The van der Waals surface area contributed by atoms with E-state index in [4.69, 9.17) is 5.11 Å². The largest absolute Gasteiger partial charge is 0.481 e. The minimum Gasteiger partial charge on any atom is -0.481 e. The van der Waals surface area contributed by atoms with E-state index in [1.165, 1.54) is 6.08 Å². The lowest BCUT2D eigenvalue weighted by molar-refractivity contribution is -0.481. The van der Waals surface area contributed by atoms with E-state index in [-0.39, 0.29) is 19.4 Å². The normalized spacial score (nSPS) is 12.0. The Balaban J connectivity index is 3.86. The summed E-state index contributed by atoms with van der Waals surface area (Å²) < 4.78 is 0. The molecule has 0 spiro atoms. The molecule has 0 radical (unpaired) electrons. The molecule has 1 unspecified atom stereocenters. The molecule has 0 heterocycles. The van der Waals surface area contributed by atoms with Crippen LogP contribution >= 0.6 is 0 Å². The second kappa shape index (κ2) is 5.29. The fourth-order valence-corrected chi connectivity index (χ4v) is 0.805. The molecule has 68 valence electrons. The summed E-state index contributed by atoms with van der Waals surface area (Å²) in [6.07, 6.45) is 1.80. The molecule has 0 saturated heterocycles. The smallest absolute Gasteiger partial charge is 0.307 e. The van der Waals surface area contributed by atoms with Crippen molar-refractivity contribution in [1.29, 1.82) is 0 Å². The van der Waals surface area contributed by atoms with Crippen molar-refractivity contribution in [2.45, 2.75) is 12.8 Å². The van der Waals surface area contributed by atoms with E-state index in [0.717, 1.165) is 0 Å². The van der Waals surface area contributed by atoms with Gasteiger partial charge in [-0.3, -0.25) is 14.9 Å². The fourth-order valence-electron chi connectivity index (χ4n) is 0.805. The molecular weight excluding hydrogens is 162 g/mol. The summed E-state index contributed by atoms with van der Waals surface area (Å²) in [6, 6.07) is 0. The Hall–Kier alpha value is -1.39. The number of rotatable bonds is 6. The number of allylic oxidation sites excluding steroid dienone is 1. The van der Waals surface area contributed by atoms with Crippen molar-refractivity contribution in [3.8, 4) is 0 Å². The molecule has 0 aromatic rings. The number of carboxylic acids is 1. The molecule has 0 aromatic carbocycles. The molecule has 0 aromatic heterocycles. The second-order valence-corrected chi connectivity index (χ2v) is 2.40. The first-order chi connectivity index (χ1) is 5.57. The Kier molecular flexibility index (Phi) is 4.67. The summed E-state index contributed by atoms with van der Waals surface area (Å²) in [6.45, 7) is 3.08. The zero-order valence-electron chi connectivity index (χ0n) is 6.60. The van der Waals surface area contributed by atoms with Crippen LogP contribution in [0.3, 0.4) is 0 Å². The maximum absolute atomic E-state index is 10.4. The molecule has 12 heavy (non-hydrogen) atoms. The van der Waals surface area contributed by atoms with Crippen LogP contribution in [0.2, 0.25) is 0 Å². The summed E-state index contributed by atoms with van der Waals surface area (Å²) in [7, 11) is 0. The van der Waals surface area contributed by atoms with Crippen LogP contribution in [0.15, 0.2) is 12.7 Å². The van der Waals surface area contributed by atoms with Gasteiger partial charge in [0, 0.05) is 11.3 Å². The van der Waals surface area contributed by atoms with Crippen molar-refractivity contribution in [1.82, 2.24) is 0 Å². The van der Waals surface area contributed by atoms with Crippen LogP contribution in [0.25, 0.3) is 0 Å². The lowest BCUT2D eigenvalue weighted by Crippen LogP contribution is -2.17. The molecule has 0 aliphatic carbocycles. The van der Waals surface area contributed by atoms with Crippen molar-refractivity contribution in [3.63, 3.8) is 0 Å². The summed E-state index contributed by atoms with van der Waals surface area (Å²) >= 11 is 0. The zero-order valence-corrected chi connectivity index (χ0v) is 6.60. The molecule has 1 N–H and O–H groups in total. The topological polar surface area (TPSA) is 80.4 Å². The van der Waals surface area contributed by atoms with Crippen LogP contribution in [0.4, 0.5) is 0 Å². The van der Waals surface area contributed by atoms with Crippen molar-refractivity contribution in [2.24, 2.45) is 5.92 Å². The summed E-state index contributed by atoms with van der Waals surface area (Å²) in [4.78, 5) is 19.8. The Morgan fingerprint density at radius 2 is 2.33 bits per heavy atom. The number of carbonyl (C=O) groups is 1. The van der Waals surface area contributed by atoms with Gasteiger partial charge in [-0.1, -0.05) is 6.08 Å². The molecule has 0 aliphatic heterocycles. The highest BCUT2D eigenvalue weighted by Crippen LogP contribution is 2.08. The number of hydrogen-bond donors (Lipinski definition) is 1. The summed E-state index contributed by atoms with van der Waals surface area (Å²) in [5.74, 6) is -1.68. The Morgan fingerprint density at radius 1 is 1.75 bits per heavy atom. The van der Waals surface area contributed by atoms with Gasteiger partial charge in [0.2, 0.25) is 6.54 Å². The van der Waals surface area contributed by atoms with E-state index in [0.29, 0.717) is 0 Å². The van der Waals surface area contributed by atoms with Crippen LogP contribution in [0.1, 0.15) is 12.8 Å². The van der Waals surface area contributed by atoms with Gasteiger partial charge in [-0.05, 0) is 6.42 Å². The highest BCUT2D eigenvalue weighted by Gasteiger charge is 2.17. The highest BCUT2D eigenvalue weighted by atomic mass is 16.6. The van der Waals surface area contributed by atoms with Gasteiger partial charge in [0.1, 0.15) is 0 Å². The molecule has 0 saturated carbocycles. The first kappa shape index (κ1) is 10.6. The van der Waals surface area contributed by atoms with Gasteiger partial charge in [0.15, 0.2) is 0 Å². The average Bonchev–Trinajstić information content (AvgIpc) is 1.96. The van der Waals surface area contributed by atoms with E-state index in [1.54, 1.807) is 0 Å². The van der Waals surface area contributed by atoms with E-state index in [1.807, 2.05) is 0 Å². The molecule has 1 atom stereocenters. The molecule has 5 heteroatoms. The third-order valence-electron chi connectivity index (χ3n) is 1.46. The minimum atomic E-state index is -1.00. The van der Waals surface area contributed by atoms with Gasteiger partial charge in [-0.2, -0.15) is 0 Å². The van der Waals surface area contributed by atoms with E-state index >= 15 is 0 Å². The molecule has 0 fully saturated rings. The highest BCUT2D eigenvalue weighted by molar-refractivity contribution is 5.70. The van der Waals surface area contributed by atoms with Crippen LogP contribution in [-0.4, -0.2) is 22.5 Å². The fraction of sp³-hybridized carbons (Fsp3) is 0.571. The molecule has 0 aliphatic rings. The van der Waals surface area contributed by atoms with Crippen LogP contribution in [-0.2, 0) is 4.79 Å². The SMILES string of the molecule is C=CCC(CC[N+](=O)[O-])C(=O)O. The van der Waals surface area contributed by atoms with E-state index < -0.39 is 16.8 Å². The Morgan fingerprint density at radius 3 is 2.67 bits per heavy atom. The Labute approximate surface area is 69.8 Å². The van der Waals surface area contributed by atoms with Crippen LogP contribution in [0.5, 0.6) is 0 Å². The number of aliphatic carboxylic acids is 1. The standard InChI is InChI=1S/C7H11NO4/c1-2-3-6(7(9)10)4-5-8(11)12/h2,6H,1,3-5H2,(H,9,10). The number of hydrogen-bond acceptors (Lipinski definition) is 3. The second-order valence-electron chi connectivity index (χ2n) is 2.40. The predicted molar refractivity (Wildman–Crippen MR) is 42.4 cm³/mol.